The van der Waals surface area contributed by atoms with Crippen LogP contribution in [0, 0.1) is 5.82 Å². The van der Waals surface area contributed by atoms with Gasteiger partial charge in [-0.3, -0.25) is 4.79 Å². The highest BCUT2D eigenvalue weighted by Gasteiger charge is 2.09. The Balaban J connectivity index is 3.12. The van der Waals surface area contributed by atoms with Gasteiger partial charge in [-0.15, -0.1) is 0 Å². The molecule has 0 aliphatic carbocycles. The van der Waals surface area contributed by atoms with Crippen LogP contribution in [-0.2, 0) is 0 Å². The monoisotopic (exact) mass is 256 g/mol. The average Bonchev–Trinajstić information content (AvgIpc) is 2.08. The SMILES string of the molecule is CC(C)=CC(=O)c1cc(Br)ccc1F. The molecule has 0 aliphatic heterocycles. The number of allylic oxidation sites excluding steroid dienone is 2. The molecule has 3 heteroatoms. The van der Waals surface area contributed by atoms with Gasteiger partial charge in [-0.05, 0) is 38.1 Å². The smallest absolute Gasteiger partial charge is 0.188 e. The standard InChI is InChI=1S/C11H10BrFO/c1-7(2)5-11(14)9-6-8(12)3-4-10(9)13/h3-6H,1-2H3. The van der Waals surface area contributed by atoms with Gasteiger partial charge in [0.15, 0.2) is 5.78 Å². The van der Waals surface area contributed by atoms with Crippen LogP contribution in [0.15, 0.2) is 34.3 Å². The summed E-state index contributed by atoms with van der Waals surface area (Å²) in [6.45, 7) is 3.60. The van der Waals surface area contributed by atoms with E-state index in [4.69, 9.17) is 0 Å². The minimum absolute atomic E-state index is 0.0978. The van der Waals surface area contributed by atoms with E-state index in [9.17, 15) is 9.18 Å². The van der Waals surface area contributed by atoms with Crippen LogP contribution in [0.5, 0.6) is 0 Å². The second-order valence-corrected chi connectivity index (χ2v) is 4.13. The molecular weight excluding hydrogens is 247 g/mol. The Morgan fingerprint density at radius 1 is 1.43 bits per heavy atom. The summed E-state index contributed by atoms with van der Waals surface area (Å²) in [5.74, 6) is -0.792. The normalized spacial score (nSPS) is 9.71. The molecule has 1 aromatic carbocycles. The number of ketones is 1. The average molecular weight is 257 g/mol. The van der Waals surface area contributed by atoms with Gasteiger partial charge in [0.1, 0.15) is 5.82 Å². The predicted octanol–water partition coefficient (Wildman–Crippen LogP) is 3.74. The number of benzene rings is 1. The van der Waals surface area contributed by atoms with E-state index >= 15 is 0 Å². The molecule has 0 spiro atoms. The topological polar surface area (TPSA) is 17.1 Å². The first-order chi connectivity index (χ1) is 6.50. The highest BCUT2D eigenvalue weighted by Crippen LogP contribution is 2.16. The van der Waals surface area contributed by atoms with E-state index in [0.29, 0.717) is 4.47 Å². The summed E-state index contributed by atoms with van der Waals surface area (Å²) in [5.41, 5.74) is 0.954. The minimum Gasteiger partial charge on any atom is -0.289 e. The summed E-state index contributed by atoms with van der Waals surface area (Å²) in [6.07, 6.45) is 1.42. The van der Waals surface area contributed by atoms with Gasteiger partial charge in [0.25, 0.3) is 0 Å². The van der Waals surface area contributed by atoms with Crippen molar-refractivity contribution in [1.29, 1.82) is 0 Å². The van der Waals surface area contributed by atoms with E-state index in [-0.39, 0.29) is 11.3 Å². The van der Waals surface area contributed by atoms with Gasteiger partial charge in [-0.2, -0.15) is 0 Å². The molecule has 1 nitrogen and oxygen atoms in total. The van der Waals surface area contributed by atoms with E-state index in [2.05, 4.69) is 15.9 Å². The van der Waals surface area contributed by atoms with Crippen LogP contribution >= 0.6 is 15.9 Å². The molecule has 0 atom stereocenters. The first-order valence-corrected chi connectivity index (χ1v) is 4.94. The molecule has 0 amide bonds. The van der Waals surface area contributed by atoms with E-state index < -0.39 is 5.82 Å². The first-order valence-electron chi connectivity index (χ1n) is 4.15. The molecule has 74 valence electrons. The lowest BCUT2D eigenvalue weighted by atomic mass is 10.1. The summed E-state index contributed by atoms with van der Waals surface area (Å²) >= 11 is 3.19. The minimum atomic E-state index is -0.490. The van der Waals surface area contributed by atoms with Crippen LogP contribution in [0.2, 0.25) is 0 Å². The summed E-state index contributed by atoms with van der Waals surface area (Å²) in [6, 6.07) is 4.32. The molecule has 0 heterocycles. The quantitative estimate of drug-likeness (QED) is 0.582. The number of rotatable bonds is 2. The molecule has 0 unspecified atom stereocenters. The molecule has 0 N–H and O–H groups in total. The predicted molar refractivity (Wildman–Crippen MR) is 57.9 cm³/mol. The molecule has 0 saturated heterocycles. The summed E-state index contributed by atoms with van der Waals surface area (Å²) in [4.78, 5) is 11.5. The van der Waals surface area contributed by atoms with Gasteiger partial charge in [0.2, 0.25) is 0 Å². The van der Waals surface area contributed by atoms with E-state index in [1.807, 2.05) is 0 Å². The van der Waals surface area contributed by atoms with Crippen molar-refractivity contribution in [1.82, 2.24) is 0 Å². The summed E-state index contributed by atoms with van der Waals surface area (Å²) < 4.78 is 13.9. The summed E-state index contributed by atoms with van der Waals surface area (Å²) in [7, 11) is 0. The third kappa shape index (κ3) is 2.77. The van der Waals surface area contributed by atoms with Crippen molar-refractivity contribution in [2.45, 2.75) is 13.8 Å². The van der Waals surface area contributed by atoms with Crippen molar-refractivity contribution in [2.75, 3.05) is 0 Å². The molecule has 1 aromatic rings. The number of hydrogen-bond acceptors (Lipinski definition) is 1. The van der Waals surface area contributed by atoms with Gasteiger partial charge in [-0.25, -0.2) is 4.39 Å². The fourth-order valence-corrected chi connectivity index (χ4v) is 1.39. The van der Waals surface area contributed by atoms with Crippen molar-refractivity contribution in [3.63, 3.8) is 0 Å². The Kier molecular flexibility index (Phi) is 3.58. The largest absolute Gasteiger partial charge is 0.289 e. The van der Waals surface area contributed by atoms with Crippen molar-refractivity contribution in [2.24, 2.45) is 0 Å². The molecule has 0 radical (unpaired) electrons. The molecule has 0 saturated carbocycles. The maximum Gasteiger partial charge on any atom is 0.188 e. The van der Waals surface area contributed by atoms with Crippen LogP contribution in [0.1, 0.15) is 24.2 Å². The van der Waals surface area contributed by atoms with Crippen molar-refractivity contribution >= 4 is 21.7 Å². The number of carbonyl (C=O) groups excluding carboxylic acids is 1. The molecule has 1 rings (SSSR count). The van der Waals surface area contributed by atoms with Gasteiger partial charge in [0.05, 0.1) is 5.56 Å². The van der Waals surface area contributed by atoms with Gasteiger partial charge >= 0.3 is 0 Å². The highest BCUT2D eigenvalue weighted by molar-refractivity contribution is 9.10. The lowest BCUT2D eigenvalue weighted by molar-refractivity contribution is 0.104. The van der Waals surface area contributed by atoms with Crippen LogP contribution in [-0.4, -0.2) is 5.78 Å². The zero-order valence-electron chi connectivity index (χ0n) is 7.97. The van der Waals surface area contributed by atoms with E-state index in [1.54, 1.807) is 19.9 Å². The van der Waals surface area contributed by atoms with Gasteiger partial charge < -0.3 is 0 Å². The van der Waals surface area contributed by atoms with Crippen LogP contribution in [0.3, 0.4) is 0 Å². The third-order valence-electron chi connectivity index (χ3n) is 1.61. The van der Waals surface area contributed by atoms with Gasteiger partial charge in [0, 0.05) is 4.47 Å². The molecule has 0 fully saturated rings. The zero-order chi connectivity index (χ0) is 10.7. The van der Waals surface area contributed by atoms with Crippen LogP contribution in [0.25, 0.3) is 0 Å². The molecule has 14 heavy (non-hydrogen) atoms. The fourth-order valence-electron chi connectivity index (χ4n) is 1.03. The van der Waals surface area contributed by atoms with Crippen molar-refractivity contribution in [3.8, 4) is 0 Å². The highest BCUT2D eigenvalue weighted by atomic mass is 79.9. The Bertz CT molecular complexity index is 392. The lowest BCUT2D eigenvalue weighted by Crippen LogP contribution is -1.99. The molecular formula is C11H10BrFO. The third-order valence-corrected chi connectivity index (χ3v) is 2.11. The van der Waals surface area contributed by atoms with Gasteiger partial charge in [-0.1, -0.05) is 21.5 Å². The van der Waals surface area contributed by atoms with Crippen LogP contribution < -0.4 is 0 Å². The number of halogens is 2. The Morgan fingerprint density at radius 2 is 2.07 bits per heavy atom. The first kappa shape index (κ1) is 11.1. The lowest BCUT2D eigenvalue weighted by Gasteiger charge is -1.99. The molecule has 0 aromatic heterocycles. The Morgan fingerprint density at radius 3 is 2.64 bits per heavy atom. The maximum absolute atomic E-state index is 13.2. The summed E-state index contributed by atoms with van der Waals surface area (Å²) in [5, 5.41) is 0. The van der Waals surface area contributed by atoms with E-state index in [1.165, 1.54) is 18.2 Å². The van der Waals surface area contributed by atoms with E-state index in [0.717, 1.165) is 5.57 Å². The van der Waals surface area contributed by atoms with Crippen molar-refractivity contribution < 1.29 is 9.18 Å². The second kappa shape index (κ2) is 4.51. The zero-order valence-corrected chi connectivity index (χ0v) is 9.56. The number of hydrogen-bond donors (Lipinski definition) is 0. The Labute approximate surface area is 90.8 Å². The van der Waals surface area contributed by atoms with Crippen LogP contribution in [0.4, 0.5) is 4.39 Å². The number of carbonyl (C=O) groups is 1. The molecule has 0 bridgehead atoms. The molecule has 0 aliphatic rings. The maximum atomic E-state index is 13.2. The van der Waals surface area contributed by atoms with Crippen molar-refractivity contribution in [3.05, 3.63) is 45.7 Å². The second-order valence-electron chi connectivity index (χ2n) is 3.21. The fraction of sp³-hybridized carbons (Fsp3) is 0.182. The Hall–Kier alpha value is -0.960.